The van der Waals surface area contributed by atoms with Crippen LogP contribution in [0.4, 0.5) is 0 Å². The Morgan fingerprint density at radius 2 is 2.07 bits per heavy atom. The van der Waals surface area contributed by atoms with Crippen molar-refractivity contribution in [3.8, 4) is 0 Å². The Bertz CT molecular complexity index is 261. The van der Waals surface area contributed by atoms with E-state index in [2.05, 4.69) is 21.6 Å². The number of ketones is 1. The largest absolute Gasteiger partial charge is 0.461 e. The smallest absolute Gasteiger partial charge is 0.332 e. The Hall–Kier alpha value is -1.69. The van der Waals surface area contributed by atoms with Gasteiger partial charge in [-0.1, -0.05) is 6.58 Å². The van der Waals surface area contributed by atoms with Gasteiger partial charge in [0.05, 0.1) is 6.54 Å². The second-order valence-electron chi connectivity index (χ2n) is 2.62. The van der Waals surface area contributed by atoms with Gasteiger partial charge in [-0.15, -0.1) is 5.48 Å². The number of hydroxylamine groups is 1. The van der Waals surface area contributed by atoms with E-state index >= 15 is 0 Å². The van der Waals surface area contributed by atoms with Gasteiger partial charge in [-0.2, -0.15) is 0 Å². The van der Waals surface area contributed by atoms with Crippen LogP contribution >= 0.6 is 0 Å². The van der Waals surface area contributed by atoms with Crippen molar-refractivity contribution in [2.75, 3.05) is 13.2 Å². The zero-order valence-corrected chi connectivity index (χ0v) is 8.45. The molecule has 0 spiro atoms. The zero-order valence-electron chi connectivity index (χ0n) is 8.45. The molecule has 0 radical (unpaired) electrons. The molecule has 0 unspecified atom stereocenters. The maximum absolute atomic E-state index is 10.8. The lowest BCUT2D eigenvalue weighted by molar-refractivity contribution is -0.153. The molecule has 0 aliphatic carbocycles. The van der Waals surface area contributed by atoms with Crippen LogP contribution in [0.3, 0.4) is 0 Å². The molecule has 0 bridgehead atoms. The first kappa shape index (κ1) is 13.3. The number of hydrogen-bond donors (Lipinski definition) is 1. The summed E-state index contributed by atoms with van der Waals surface area (Å²) in [7, 11) is 0. The molecule has 15 heavy (non-hydrogen) atoms. The molecule has 0 heterocycles. The van der Waals surface area contributed by atoms with Crippen LogP contribution in [0.25, 0.3) is 0 Å². The molecule has 0 aliphatic heterocycles. The molecule has 1 N–H and O–H groups in total. The molecule has 6 heteroatoms. The predicted octanol–water partition coefficient (Wildman–Crippen LogP) is -0.258. The number of carbonyl (C=O) groups excluding carboxylic acids is 3. The fourth-order valence-corrected chi connectivity index (χ4v) is 0.623. The summed E-state index contributed by atoms with van der Waals surface area (Å²) < 4.78 is 4.58. The minimum Gasteiger partial charge on any atom is -0.461 e. The van der Waals surface area contributed by atoms with E-state index in [9.17, 15) is 14.4 Å². The molecule has 0 saturated carbocycles. The molecular weight excluding hydrogens is 202 g/mol. The Labute approximate surface area is 87.2 Å². The first-order chi connectivity index (χ1) is 7.06. The number of esters is 1. The molecule has 0 atom stereocenters. The molecule has 0 amide bonds. The average molecular weight is 215 g/mol. The quantitative estimate of drug-likeness (QED) is 0.207. The van der Waals surface area contributed by atoms with Crippen molar-refractivity contribution in [3.63, 3.8) is 0 Å². The van der Waals surface area contributed by atoms with Crippen molar-refractivity contribution in [1.82, 2.24) is 5.48 Å². The van der Waals surface area contributed by atoms with Gasteiger partial charge in [0.1, 0.15) is 18.8 Å². The molecule has 0 aromatic heterocycles. The second-order valence-corrected chi connectivity index (χ2v) is 2.62. The fraction of sp³-hybridized carbons (Fsp3) is 0.444. The number of Topliss-reactive ketones (excluding diaryl/α,β-unsaturated/α-hetero) is 1. The molecule has 0 aromatic rings. The van der Waals surface area contributed by atoms with Crippen LogP contribution in [0.2, 0.25) is 0 Å². The van der Waals surface area contributed by atoms with E-state index in [0.29, 0.717) is 0 Å². The van der Waals surface area contributed by atoms with Gasteiger partial charge in [0, 0.05) is 6.08 Å². The van der Waals surface area contributed by atoms with Crippen molar-refractivity contribution >= 4 is 17.7 Å². The van der Waals surface area contributed by atoms with Gasteiger partial charge in [-0.05, 0) is 6.92 Å². The Kier molecular flexibility index (Phi) is 6.82. The zero-order chi connectivity index (χ0) is 11.7. The van der Waals surface area contributed by atoms with Crippen molar-refractivity contribution in [3.05, 3.63) is 12.7 Å². The van der Waals surface area contributed by atoms with Crippen molar-refractivity contribution in [2.45, 2.75) is 13.3 Å². The molecule has 0 fully saturated rings. The molecule has 0 aliphatic rings. The van der Waals surface area contributed by atoms with Gasteiger partial charge in [0.2, 0.25) is 0 Å². The van der Waals surface area contributed by atoms with Crippen LogP contribution in [0.1, 0.15) is 13.3 Å². The predicted molar refractivity (Wildman–Crippen MR) is 50.5 cm³/mol. The number of nitrogens with one attached hydrogen (secondary N) is 1. The topological polar surface area (TPSA) is 81.7 Å². The summed E-state index contributed by atoms with van der Waals surface area (Å²) >= 11 is 0. The summed E-state index contributed by atoms with van der Waals surface area (Å²) in [4.78, 5) is 36.2. The normalized spacial score (nSPS) is 9.13. The Balaban J connectivity index is 3.38. The summed E-state index contributed by atoms with van der Waals surface area (Å²) in [5, 5.41) is 0. The monoisotopic (exact) mass is 215 g/mol. The number of rotatable bonds is 7. The van der Waals surface area contributed by atoms with Gasteiger partial charge in [0.15, 0.2) is 0 Å². The van der Waals surface area contributed by atoms with E-state index in [0.717, 1.165) is 6.08 Å². The second kappa shape index (κ2) is 7.69. The van der Waals surface area contributed by atoms with Gasteiger partial charge in [-0.3, -0.25) is 4.79 Å². The maximum atomic E-state index is 10.8. The Morgan fingerprint density at radius 3 is 2.60 bits per heavy atom. The molecule has 0 rings (SSSR count). The van der Waals surface area contributed by atoms with Crippen molar-refractivity contribution in [2.24, 2.45) is 0 Å². The van der Waals surface area contributed by atoms with Gasteiger partial charge < -0.3 is 9.57 Å². The summed E-state index contributed by atoms with van der Waals surface area (Å²) in [5.41, 5.74) is 2.26. The number of ether oxygens (including phenoxy) is 1. The van der Waals surface area contributed by atoms with Crippen LogP contribution in [0, 0.1) is 0 Å². The number of hydrogen-bond acceptors (Lipinski definition) is 6. The van der Waals surface area contributed by atoms with Crippen LogP contribution in [0.15, 0.2) is 12.7 Å². The van der Waals surface area contributed by atoms with E-state index in [1.165, 1.54) is 6.92 Å². The highest BCUT2D eigenvalue weighted by atomic mass is 16.7. The van der Waals surface area contributed by atoms with Gasteiger partial charge in [0.25, 0.3) is 0 Å². The summed E-state index contributed by atoms with van der Waals surface area (Å²) in [5.74, 6) is -1.50. The molecule has 84 valence electrons. The standard InChI is InChI=1S/C9H13NO5/c1-3-8(12)14-5-4-10-15-9(13)6-7(2)11/h3,10H,1,4-6H2,2H3. The van der Waals surface area contributed by atoms with Gasteiger partial charge in [-0.25, -0.2) is 9.59 Å². The van der Waals surface area contributed by atoms with E-state index < -0.39 is 11.9 Å². The minimum absolute atomic E-state index is 0.0538. The highest BCUT2D eigenvalue weighted by Gasteiger charge is 2.05. The van der Waals surface area contributed by atoms with Crippen LogP contribution < -0.4 is 5.48 Å². The molecular formula is C9H13NO5. The van der Waals surface area contributed by atoms with Crippen molar-refractivity contribution in [1.29, 1.82) is 0 Å². The van der Waals surface area contributed by atoms with Crippen LogP contribution in [0.5, 0.6) is 0 Å². The first-order valence-corrected chi connectivity index (χ1v) is 4.27. The third kappa shape index (κ3) is 8.63. The van der Waals surface area contributed by atoms with E-state index in [-0.39, 0.29) is 25.4 Å². The van der Waals surface area contributed by atoms with Crippen LogP contribution in [-0.2, 0) is 24.0 Å². The lowest BCUT2D eigenvalue weighted by Crippen LogP contribution is -2.25. The average Bonchev–Trinajstić information content (AvgIpc) is 2.15. The van der Waals surface area contributed by atoms with E-state index in [1.54, 1.807) is 0 Å². The van der Waals surface area contributed by atoms with E-state index in [1.807, 2.05) is 0 Å². The minimum atomic E-state index is -0.669. The van der Waals surface area contributed by atoms with Crippen LogP contribution in [-0.4, -0.2) is 30.9 Å². The summed E-state index contributed by atoms with van der Waals surface area (Å²) in [6, 6.07) is 0. The third-order valence-corrected chi connectivity index (χ3v) is 1.19. The van der Waals surface area contributed by atoms with Crippen molar-refractivity contribution < 1.29 is 24.0 Å². The molecule has 6 nitrogen and oxygen atoms in total. The third-order valence-electron chi connectivity index (χ3n) is 1.19. The summed E-state index contributed by atoms with van der Waals surface area (Å²) in [6.45, 7) is 4.70. The molecule has 0 saturated heterocycles. The highest BCUT2D eigenvalue weighted by Crippen LogP contribution is 1.85. The SMILES string of the molecule is C=CC(=O)OCCNOC(=O)CC(C)=O. The Morgan fingerprint density at radius 1 is 1.40 bits per heavy atom. The number of carbonyl (C=O) groups is 3. The highest BCUT2D eigenvalue weighted by molar-refractivity contribution is 5.93. The lowest BCUT2D eigenvalue weighted by Gasteiger charge is -2.04. The van der Waals surface area contributed by atoms with E-state index in [4.69, 9.17) is 0 Å². The van der Waals surface area contributed by atoms with Gasteiger partial charge >= 0.3 is 11.9 Å². The molecule has 0 aromatic carbocycles. The lowest BCUT2D eigenvalue weighted by atomic mass is 10.3. The fourth-order valence-electron chi connectivity index (χ4n) is 0.623. The summed E-state index contributed by atoms with van der Waals surface area (Å²) in [6.07, 6.45) is 0.751. The maximum Gasteiger partial charge on any atom is 0.332 e. The first-order valence-electron chi connectivity index (χ1n) is 4.27.